The Morgan fingerprint density at radius 3 is 2.43 bits per heavy atom. The second-order valence-electron chi connectivity index (χ2n) is 6.19. The predicted octanol–water partition coefficient (Wildman–Crippen LogP) is 3.83. The Hall–Kier alpha value is -3.67. The van der Waals surface area contributed by atoms with Crippen LogP contribution in [0.4, 0.5) is 5.69 Å². The lowest BCUT2D eigenvalue weighted by Gasteiger charge is -2.14. The van der Waals surface area contributed by atoms with Crippen LogP contribution in [0.5, 0.6) is 5.75 Å². The lowest BCUT2D eigenvalue weighted by atomic mass is 10.1. The van der Waals surface area contributed by atoms with Crippen LogP contribution in [0.15, 0.2) is 72.9 Å². The van der Waals surface area contributed by atoms with E-state index in [1.165, 1.54) is 19.4 Å². The third kappa shape index (κ3) is 4.54. The highest BCUT2D eigenvalue weighted by Crippen LogP contribution is 2.23. The third-order valence-corrected chi connectivity index (χ3v) is 4.26. The summed E-state index contributed by atoms with van der Waals surface area (Å²) in [6, 6.07) is 19.6. The van der Waals surface area contributed by atoms with Gasteiger partial charge in [0.15, 0.2) is 0 Å². The molecule has 3 rings (SSSR count). The highest BCUT2D eigenvalue weighted by atomic mass is 16.5. The molecule has 0 fully saturated rings. The van der Waals surface area contributed by atoms with Crippen LogP contribution in [-0.2, 0) is 0 Å². The van der Waals surface area contributed by atoms with Gasteiger partial charge in [-0.2, -0.15) is 0 Å². The fraction of sp³-hybridized carbons (Fsp3) is 0.136. The standard InChI is InChI=1S/C22H21N3O3/c1-15(16-8-4-3-5-9-16)24-21(26)17-12-13-23-19(14-17)22(27)25-18-10-6-7-11-20(18)28-2/h3-15H,1-2H3,(H,24,26)(H,25,27). The lowest BCUT2D eigenvalue weighted by Crippen LogP contribution is -2.27. The number of para-hydroxylation sites is 2. The fourth-order valence-corrected chi connectivity index (χ4v) is 2.74. The normalized spacial score (nSPS) is 11.4. The SMILES string of the molecule is COc1ccccc1NC(=O)c1cc(C(=O)NC(C)c2ccccc2)ccn1. The molecule has 0 bridgehead atoms. The van der Waals surface area contributed by atoms with Crippen molar-refractivity contribution >= 4 is 17.5 Å². The second-order valence-corrected chi connectivity index (χ2v) is 6.19. The lowest BCUT2D eigenvalue weighted by molar-refractivity contribution is 0.0939. The summed E-state index contributed by atoms with van der Waals surface area (Å²) in [6.07, 6.45) is 1.44. The molecule has 2 amide bonds. The Bertz CT molecular complexity index is 974. The molecule has 0 aliphatic heterocycles. The summed E-state index contributed by atoms with van der Waals surface area (Å²) < 4.78 is 5.23. The number of hydrogen-bond donors (Lipinski definition) is 2. The Morgan fingerprint density at radius 2 is 1.68 bits per heavy atom. The van der Waals surface area contributed by atoms with E-state index in [9.17, 15) is 9.59 Å². The minimum absolute atomic E-state index is 0.144. The van der Waals surface area contributed by atoms with Crippen molar-refractivity contribution in [2.75, 3.05) is 12.4 Å². The van der Waals surface area contributed by atoms with Crippen molar-refractivity contribution < 1.29 is 14.3 Å². The zero-order valence-corrected chi connectivity index (χ0v) is 15.7. The second kappa shape index (κ2) is 8.81. The van der Waals surface area contributed by atoms with E-state index < -0.39 is 5.91 Å². The summed E-state index contributed by atoms with van der Waals surface area (Å²) in [4.78, 5) is 29.2. The highest BCUT2D eigenvalue weighted by molar-refractivity contribution is 6.05. The summed E-state index contributed by atoms with van der Waals surface area (Å²) in [7, 11) is 1.53. The summed E-state index contributed by atoms with van der Waals surface area (Å²) in [5, 5.41) is 5.68. The molecule has 2 N–H and O–H groups in total. The van der Waals surface area contributed by atoms with Crippen LogP contribution < -0.4 is 15.4 Å². The number of carbonyl (C=O) groups excluding carboxylic acids is 2. The molecular weight excluding hydrogens is 354 g/mol. The van der Waals surface area contributed by atoms with Crippen LogP contribution in [0.3, 0.4) is 0 Å². The van der Waals surface area contributed by atoms with Gasteiger partial charge in [0.1, 0.15) is 11.4 Å². The fourth-order valence-electron chi connectivity index (χ4n) is 2.74. The van der Waals surface area contributed by atoms with Crippen LogP contribution in [0.1, 0.15) is 39.4 Å². The van der Waals surface area contributed by atoms with E-state index >= 15 is 0 Å². The summed E-state index contributed by atoms with van der Waals surface area (Å²) >= 11 is 0. The number of rotatable bonds is 6. The maximum atomic E-state index is 12.6. The van der Waals surface area contributed by atoms with Crippen LogP contribution in [-0.4, -0.2) is 23.9 Å². The van der Waals surface area contributed by atoms with Gasteiger partial charge in [-0.3, -0.25) is 14.6 Å². The van der Waals surface area contributed by atoms with Crippen LogP contribution in [0, 0.1) is 0 Å². The van der Waals surface area contributed by atoms with Crippen molar-refractivity contribution in [3.63, 3.8) is 0 Å². The van der Waals surface area contributed by atoms with Gasteiger partial charge in [-0.15, -0.1) is 0 Å². The maximum Gasteiger partial charge on any atom is 0.274 e. The Kier molecular flexibility index (Phi) is 6.01. The van der Waals surface area contributed by atoms with Crippen LogP contribution in [0.2, 0.25) is 0 Å². The van der Waals surface area contributed by atoms with Gasteiger partial charge in [0.2, 0.25) is 0 Å². The maximum absolute atomic E-state index is 12.6. The largest absolute Gasteiger partial charge is 0.495 e. The van der Waals surface area contributed by atoms with Crippen molar-refractivity contribution in [3.8, 4) is 5.75 Å². The third-order valence-electron chi connectivity index (χ3n) is 4.26. The zero-order chi connectivity index (χ0) is 19.9. The molecule has 1 unspecified atom stereocenters. The summed E-state index contributed by atoms with van der Waals surface area (Å²) in [5.41, 5.74) is 2.04. The smallest absolute Gasteiger partial charge is 0.274 e. The van der Waals surface area contributed by atoms with Gasteiger partial charge in [0, 0.05) is 11.8 Å². The zero-order valence-electron chi connectivity index (χ0n) is 15.7. The molecule has 6 nitrogen and oxygen atoms in total. The molecule has 6 heteroatoms. The number of pyridine rings is 1. The molecule has 142 valence electrons. The van der Waals surface area contributed by atoms with E-state index in [4.69, 9.17) is 4.74 Å². The number of aromatic nitrogens is 1. The van der Waals surface area contributed by atoms with E-state index in [-0.39, 0.29) is 17.6 Å². The van der Waals surface area contributed by atoms with Gasteiger partial charge in [-0.1, -0.05) is 42.5 Å². The summed E-state index contributed by atoms with van der Waals surface area (Å²) in [5.74, 6) is -0.151. The topological polar surface area (TPSA) is 80.3 Å². The molecule has 0 spiro atoms. The van der Waals surface area contributed by atoms with Gasteiger partial charge >= 0.3 is 0 Å². The number of nitrogens with zero attached hydrogens (tertiary/aromatic N) is 1. The first-order chi connectivity index (χ1) is 13.6. The van der Waals surface area contributed by atoms with Crippen molar-refractivity contribution in [3.05, 3.63) is 89.7 Å². The minimum atomic E-state index is -0.421. The molecule has 2 aromatic carbocycles. The highest BCUT2D eigenvalue weighted by Gasteiger charge is 2.15. The molecule has 1 aromatic heterocycles. The number of anilines is 1. The number of nitrogens with one attached hydrogen (secondary N) is 2. The first-order valence-corrected chi connectivity index (χ1v) is 8.84. The van der Waals surface area contributed by atoms with E-state index in [2.05, 4.69) is 15.6 Å². The van der Waals surface area contributed by atoms with Crippen molar-refractivity contribution in [1.82, 2.24) is 10.3 Å². The van der Waals surface area contributed by atoms with E-state index in [0.29, 0.717) is 17.0 Å². The Balaban J connectivity index is 1.72. The molecular formula is C22H21N3O3. The number of benzene rings is 2. The Labute approximate surface area is 163 Å². The Morgan fingerprint density at radius 1 is 0.964 bits per heavy atom. The van der Waals surface area contributed by atoms with Gasteiger partial charge < -0.3 is 15.4 Å². The first kappa shape index (κ1) is 19.1. The molecule has 1 heterocycles. The molecule has 28 heavy (non-hydrogen) atoms. The number of carbonyl (C=O) groups is 2. The monoisotopic (exact) mass is 375 g/mol. The quantitative estimate of drug-likeness (QED) is 0.686. The molecule has 0 saturated heterocycles. The molecule has 0 saturated carbocycles. The van der Waals surface area contributed by atoms with Crippen LogP contribution in [0.25, 0.3) is 0 Å². The van der Waals surface area contributed by atoms with Gasteiger partial charge in [-0.25, -0.2) is 0 Å². The number of amides is 2. The number of hydrogen-bond acceptors (Lipinski definition) is 4. The summed E-state index contributed by atoms with van der Waals surface area (Å²) in [6.45, 7) is 1.91. The van der Waals surface area contributed by atoms with Gasteiger partial charge in [0.25, 0.3) is 11.8 Å². The van der Waals surface area contributed by atoms with E-state index in [1.807, 2.05) is 43.3 Å². The molecule has 0 aliphatic carbocycles. The predicted molar refractivity (Wildman–Crippen MR) is 108 cm³/mol. The molecule has 0 radical (unpaired) electrons. The molecule has 3 aromatic rings. The van der Waals surface area contributed by atoms with Crippen molar-refractivity contribution in [2.24, 2.45) is 0 Å². The number of methoxy groups -OCH3 is 1. The average molecular weight is 375 g/mol. The van der Waals surface area contributed by atoms with Gasteiger partial charge in [-0.05, 0) is 36.8 Å². The van der Waals surface area contributed by atoms with E-state index in [1.54, 1.807) is 24.3 Å². The van der Waals surface area contributed by atoms with E-state index in [0.717, 1.165) is 5.56 Å². The molecule has 1 atom stereocenters. The van der Waals surface area contributed by atoms with Crippen molar-refractivity contribution in [2.45, 2.75) is 13.0 Å². The van der Waals surface area contributed by atoms with Gasteiger partial charge in [0.05, 0.1) is 18.8 Å². The number of ether oxygens (including phenoxy) is 1. The first-order valence-electron chi connectivity index (χ1n) is 8.84. The average Bonchev–Trinajstić information content (AvgIpc) is 2.74. The molecule has 0 aliphatic rings. The minimum Gasteiger partial charge on any atom is -0.495 e. The van der Waals surface area contributed by atoms with Crippen LogP contribution >= 0.6 is 0 Å². The van der Waals surface area contributed by atoms with Crippen molar-refractivity contribution in [1.29, 1.82) is 0 Å².